The van der Waals surface area contributed by atoms with Gasteiger partial charge in [0.1, 0.15) is 0 Å². The van der Waals surface area contributed by atoms with Crippen molar-refractivity contribution >= 4 is 5.97 Å². The Labute approximate surface area is 80.3 Å². The Balaban J connectivity index is 3.92. The van der Waals surface area contributed by atoms with Crippen LogP contribution in [0.3, 0.4) is 0 Å². The number of hydrogen-bond acceptors (Lipinski definition) is 2. The van der Waals surface area contributed by atoms with E-state index in [2.05, 4.69) is 13.8 Å². The fraction of sp³-hybridized carbons (Fsp3) is 0.900. The van der Waals surface area contributed by atoms with E-state index in [9.17, 15) is 4.79 Å². The van der Waals surface area contributed by atoms with Gasteiger partial charge in [0.2, 0.25) is 0 Å². The van der Waals surface area contributed by atoms with E-state index >= 15 is 0 Å². The second-order valence-corrected chi connectivity index (χ2v) is 4.32. The molecule has 0 saturated carbocycles. The van der Waals surface area contributed by atoms with Crippen molar-refractivity contribution in [2.45, 2.75) is 52.0 Å². The number of nitrogens with two attached hydrogens (primary N) is 1. The standard InChI is InChI=1S/C10H21NO2/c1-4-5-8(2)6-10(3,11)7-9(12)13/h8H,4-7,11H2,1-3H3,(H,12,13)/t8?,10-/m1/s1. The summed E-state index contributed by atoms with van der Waals surface area (Å²) in [5.74, 6) is -0.298. The minimum Gasteiger partial charge on any atom is -0.481 e. The number of carbonyl (C=O) groups is 1. The van der Waals surface area contributed by atoms with Crippen LogP contribution in [0.1, 0.15) is 46.5 Å². The normalized spacial score (nSPS) is 17.8. The quantitative estimate of drug-likeness (QED) is 0.668. The molecule has 0 aliphatic heterocycles. The number of hydrogen-bond donors (Lipinski definition) is 2. The van der Waals surface area contributed by atoms with E-state index in [1.807, 2.05) is 6.92 Å². The zero-order valence-corrected chi connectivity index (χ0v) is 8.84. The molecular weight excluding hydrogens is 166 g/mol. The number of carboxylic acids is 1. The molecule has 3 nitrogen and oxygen atoms in total. The lowest BCUT2D eigenvalue weighted by molar-refractivity contribution is -0.138. The number of carboxylic acid groups (broad SMARTS) is 1. The van der Waals surface area contributed by atoms with Crippen molar-refractivity contribution in [2.75, 3.05) is 0 Å². The molecule has 0 saturated heterocycles. The minimum atomic E-state index is -0.811. The minimum absolute atomic E-state index is 0.0566. The Morgan fingerprint density at radius 1 is 1.62 bits per heavy atom. The van der Waals surface area contributed by atoms with E-state index in [0.717, 1.165) is 19.3 Å². The molecular formula is C10H21NO2. The van der Waals surface area contributed by atoms with Crippen LogP contribution >= 0.6 is 0 Å². The first-order valence-corrected chi connectivity index (χ1v) is 4.88. The van der Waals surface area contributed by atoms with Crippen LogP contribution in [-0.2, 0) is 4.79 Å². The molecule has 0 amide bonds. The second kappa shape index (κ2) is 5.22. The Kier molecular flexibility index (Phi) is 4.99. The first kappa shape index (κ1) is 12.4. The molecule has 0 radical (unpaired) electrons. The molecule has 1 unspecified atom stereocenters. The fourth-order valence-corrected chi connectivity index (χ4v) is 1.81. The average molecular weight is 187 g/mol. The summed E-state index contributed by atoms with van der Waals surface area (Å²) >= 11 is 0. The fourth-order valence-electron chi connectivity index (χ4n) is 1.81. The summed E-state index contributed by atoms with van der Waals surface area (Å²) < 4.78 is 0. The summed E-state index contributed by atoms with van der Waals surface area (Å²) in [4.78, 5) is 10.5. The molecule has 3 N–H and O–H groups in total. The van der Waals surface area contributed by atoms with Gasteiger partial charge < -0.3 is 10.8 Å². The Morgan fingerprint density at radius 2 is 2.15 bits per heavy atom. The Morgan fingerprint density at radius 3 is 2.54 bits per heavy atom. The average Bonchev–Trinajstić information content (AvgIpc) is 1.81. The van der Waals surface area contributed by atoms with E-state index in [4.69, 9.17) is 10.8 Å². The van der Waals surface area contributed by atoms with Gasteiger partial charge in [0, 0.05) is 5.54 Å². The Hall–Kier alpha value is -0.570. The highest BCUT2D eigenvalue weighted by molar-refractivity contribution is 5.68. The maximum absolute atomic E-state index is 10.5. The molecule has 0 aromatic carbocycles. The Bertz CT molecular complexity index is 166. The topological polar surface area (TPSA) is 63.3 Å². The number of aliphatic carboxylic acids is 1. The van der Waals surface area contributed by atoms with Gasteiger partial charge in [-0.05, 0) is 19.3 Å². The molecule has 2 atom stereocenters. The molecule has 0 aliphatic carbocycles. The van der Waals surface area contributed by atoms with Crippen molar-refractivity contribution in [3.05, 3.63) is 0 Å². The third-order valence-corrected chi connectivity index (χ3v) is 2.15. The molecule has 13 heavy (non-hydrogen) atoms. The van der Waals surface area contributed by atoms with Crippen LogP contribution in [0.15, 0.2) is 0 Å². The SMILES string of the molecule is CCCC(C)C[C@@](C)(N)CC(=O)O. The molecule has 0 rings (SSSR count). The molecule has 3 heteroatoms. The smallest absolute Gasteiger partial charge is 0.305 e. The molecule has 0 aliphatic rings. The second-order valence-electron chi connectivity index (χ2n) is 4.32. The zero-order valence-electron chi connectivity index (χ0n) is 8.84. The largest absolute Gasteiger partial charge is 0.481 e. The summed E-state index contributed by atoms with van der Waals surface area (Å²) in [5.41, 5.74) is 5.31. The maximum Gasteiger partial charge on any atom is 0.305 e. The van der Waals surface area contributed by atoms with E-state index in [1.165, 1.54) is 0 Å². The lowest BCUT2D eigenvalue weighted by Gasteiger charge is -2.26. The van der Waals surface area contributed by atoms with Crippen LogP contribution < -0.4 is 5.73 Å². The van der Waals surface area contributed by atoms with Crippen molar-refractivity contribution < 1.29 is 9.90 Å². The van der Waals surface area contributed by atoms with E-state index in [0.29, 0.717) is 5.92 Å². The highest BCUT2D eigenvalue weighted by Gasteiger charge is 2.24. The third-order valence-electron chi connectivity index (χ3n) is 2.15. The van der Waals surface area contributed by atoms with Gasteiger partial charge in [-0.3, -0.25) is 4.79 Å². The van der Waals surface area contributed by atoms with Gasteiger partial charge in [-0.1, -0.05) is 26.7 Å². The highest BCUT2D eigenvalue weighted by atomic mass is 16.4. The van der Waals surface area contributed by atoms with Crippen molar-refractivity contribution in [3.63, 3.8) is 0 Å². The molecule has 0 spiro atoms. The molecule has 0 heterocycles. The summed E-state index contributed by atoms with van der Waals surface area (Å²) in [6.45, 7) is 6.06. The number of rotatable bonds is 6. The van der Waals surface area contributed by atoms with Gasteiger partial charge in [0.25, 0.3) is 0 Å². The summed E-state index contributed by atoms with van der Waals surface area (Å²) in [5, 5.41) is 8.61. The van der Waals surface area contributed by atoms with Gasteiger partial charge in [0.05, 0.1) is 6.42 Å². The molecule has 0 aromatic rings. The van der Waals surface area contributed by atoms with Crippen LogP contribution in [0.5, 0.6) is 0 Å². The first-order chi connectivity index (χ1) is 5.87. The van der Waals surface area contributed by atoms with E-state index in [-0.39, 0.29) is 6.42 Å². The summed E-state index contributed by atoms with van der Waals surface area (Å²) in [6.07, 6.45) is 3.09. The van der Waals surface area contributed by atoms with Crippen molar-refractivity contribution in [2.24, 2.45) is 11.7 Å². The van der Waals surface area contributed by atoms with Gasteiger partial charge in [-0.25, -0.2) is 0 Å². The van der Waals surface area contributed by atoms with Gasteiger partial charge in [0.15, 0.2) is 0 Å². The highest BCUT2D eigenvalue weighted by Crippen LogP contribution is 2.20. The van der Waals surface area contributed by atoms with Crippen LogP contribution in [-0.4, -0.2) is 16.6 Å². The van der Waals surface area contributed by atoms with Crippen molar-refractivity contribution in [3.8, 4) is 0 Å². The monoisotopic (exact) mass is 187 g/mol. The lowest BCUT2D eigenvalue weighted by atomic mass is 9.86. The summed E-state index contributed by atoms with van der Waals surface area (Å²) in [7, 11) is 0. The predicted molar refractivity (Wildman–Crippen MR) is 53.5 cm³/mol. The van der Waals surface area contributed by atoms with Crippen LogP contribution in [0.2, 0.25) is 0 Å². The lowest BCUT2D eigenvalue weighted by Crippen LogP contribution is -2.40. The predicted octanol–water partition coefficient (Wildman–Crippen LogP) is 2.00. The molecule has 0 bridgehead atoms. The van der Waals surface area contributed by atoms with Crippen LogP contribution in [0.25, 0.3) is 0 Å². The van der Waals surface area contributed by atoms with E-state index < -0.39 is 11.5 Å². The first-order valence-electron chi connectivity index (χ1n) is 4.88. The van der Waals surface area contributed by atoms with Crippen molar-refractivity contribution in [1.29, 1.82) is 0 Å². The van der Waals surface area contributed by atoms with Crippen molar-refractivity contribution in [1.82, 2.24) is 0 Å². The molecule has 0 aromatic heterocycles. The molecule has 78 valence electrons. The van der Waals surface area contributed by atoms with Gasteiger partial charge in [-0.2, -0.15) is 0 Å². The van der Waals surface area contributed by atoms with Crippen LogP contribution in [0, 0.1) is 5.92 Å². The molecule has 0 fully saturated rings. The third kappa shape index (κ3) is 6.58. The maximum atomic E-state index is 10.5. The summed E-state index contributed by atoms with van der Waals surface area (Å²) in [6, 6.07) is 0. The van der Waals surface area contributed by atoms with E-state index in [1.54, 1.807) is 0 Å². The zero-order chi connectivity index (χ0) is 10.5. The van der Waals surface area contributed by atoms with Gasteiger partial charge in [-0.15, -0.1) is 0 Å². The van der Waals surface area contributed by atoms with Crippen LogP contribution in [0.4, 0.5) is 0 Å². The van der Waals surface area contributed by atoms with Gasteiger partial charge >= 0.3 is 5.97 Å².